The fourth-order valence-electron chi connectivity index (χ4n) is 1.95. The molecular weight excluding hydrogens is 310 g/mol. The fraction of sp³-hybridized carbons (Fsp3) is 0.462. The van der Waals surface area contributed by atoms with Gasteiger partial charge in [0.15, 0.2) is 0 Å². The Morgan fingerprint density at radius 1 is 1.56 bits per heavy atom. The zero-order valence-electron chi connectivity index (χ0n) is 10.9. The molecule has 3 nitrogen and oxygen atoms in total. The number of rotatable bonds is 5. The molecule has 0 spiro atoms. The highest BCUT2D eigenvalue weighted by Crippen LogP contribution is 2.32. The van der Waals surface area contributed by atoms with Gasteiger partial charge in [-0.3, -0.25) is 0 Å². The quantitative estimate of drug-likeness (QED) is 0.911. The average molecular weight is 328 g/mol. The lowest BCUT2D eigenvalue weighted by atomic mass is 10.1. The Labute approximate surface area is 120 Å². The number of hydrogen-bond donors (Lipinski definition) is 1. The summed E-state index contributed by atoms with van der Waals surface area (Å²) in [4.78, 5) is 5.77. The van der Waals surface area contributed by atoms with Crippen LogP contribution < -0.4 is 5.32 Å². The van der Waals surface area contributed by atoms with E-state index in [2.05, 4.69) is 50.7 Å². The van der Waals surface area contributed by atoms with Gasteiger partial charge in [-0.05, 0) is 41.0 Å². The van der Waals surface area contributed by atoms with Gasteiger partial charge in [0.05, 0.1) is 3.79 Å². The molecule has 0 bridgehead atoms. The second-order valence-electron chi connectivity index (χ2n) is 4.37. The number of hydrogen-bond acceptors (Lipinski definition) is 3. The van der Waals surface area contributed by atoms with Gasteiger partial charge in [0.25, 0.3) is 0 Å². The fourth-order valence-corrected chi connectivity index (χ4v) is 3.60. The minimum absolute atomic E-state index is 0.339. The van der Waals surface area contributed by atoms with Crippen molar-refractivity contribution < 1.29 is 0 Å². The lowest BCUT2D eigenvalue weighted by molar-refractivity contribution is 0.536. The van der Waals surface area contributed by atoms with Crippen molar-refractivity contribution in [1.29, 1.82) is 0 Å². The van der Waals surface area contributed by atoms with E-state index in [-0.39, 0.29) is 0 Å². The maximum atomic E-state index is 4.41. The van der Waals surface area contributed by atoms with Gasteiger partial charge in [0, 0.05) is 36.8 Å². The van der Waals surface area contributed by atoms with Gasteiger partial charge >= 0.3 is 0 Å². The minimum atomic E-state index is 0.339. The van der Waals surface area contributed by atoms with E-state index in [0.29, 0.717) is 6.04 Å². The van der Waals surface area contributed by atoms with Crippen molar-refractivity contribution in [3.05, 3.63) is 38.5 Å². The van der Waals surface area contributed by atoms with E-state index < -0.39 is 0 Å². The van der Waals surface area contributed by atoms with Gasteiger partial charge in [-0.25, -0.2) is 4.98 Å². The molecule has 2 aromatic rings. The molecule has 1 atom stereocenters. The first-order valence-electron chi connectivity index (χ1n) is 6.07. The molecule has 0 fully saturated rings. The zero-order valence-corrected chi connectivity index (χ0v) is 13.3. The third-order valence-electron chi connectivity index (χ3n) is 2.98. The number of nitrogens with zero attached hydrogens (tertiary/aromatic N) is 2. The molecule has 5 heteroatoms. The van der Waals surface area contributed by atoms with E-state index in [9.17, 15) is 0 Å². The number of likely N-dealkylation sites (N-methyl/N-ethyl adjacent to an activating group) is 1. The number of aryl methyl sites for hydroxylation is 2. The summed E-state index contributed by atoms with van der Waals surface area (Å²) < 4.78 is 3.31. The molecule has 0 saturated heterocycles. The topological polar surface area (TPSA) is 29.9 Å². The van der Waals surface area contributed by atoms with Crippen molar-refractivity contribution in [2.24, 2.45) is 7.05 Å². The number of imidazole rings is 1. The largest absolute Gasteiger partial charge is 0.338 e. The minimum Gasteiger partial charge on any atom is -0.338 e. The number of thiophene rings is 1. The molecule has 0 aromatic carbocycles. The summed E-state index contributed by atoms with van der Waals surface area (Å²) in [6.45, 7) is 5.23. The SMILES string of the molecule is CCNC(Cc1nccn1C)c1cc(C)c(Br)s1. The van der Waals surface area contributed by atoms with Crippen molar-refractivity contribution in [1.82, 2.24) is 14.9 Å². The van der Waals surface area contributed by atoms with E-state index in [1.54, 1.807) is 0 Å². The summed E-state index contributed by atoms with van der Waals surface area (Å²) in [6.07, 6.45) is 4.77. The molecule has 98 valence electrons. The standard InChI is InChI=1S/C13H18BrN3S/c1-4-15-10(8-12-16-5-6-17(12)3)11-7-9(2)13(14)18-11/h5-7,10,15H,4,8H2,1-3H3. The van der Waals surface area contributed by atoms with E-state index in [1.165, 1.54) is 14.2 Å². The molecule has 18 heavy (non-hydrogen) atoms. The summed E-state index contributed by atoms with van der Waals surface area (Å²) in [5.74, 6) is 1.11. The monoisotopic (exact) mass is 327 g/mol. The maximum Gasteiger partial charge on any atom is 0.110 e. The Morgan fingerprint density at radius 3 is 2.83 bits per heavy atom. The first kappa shape index (κ1) is 13.8. The second kappa shape index (κ2) is 5.99. The number of nitrogens with one attached hydrogen (secondary N) is 1. The summed E-state index contributed by atoms with van der Waals surface area (Å²) in [6, 6.07) is 2.59. The third kappa shape index (κ3) is 3.02. The van der Waals surface area contributed by atoms with Gasteiger partial charge in [-0.15, -0.1) is 11.3 Å². The Bertz CT molecular complexity index is 499. The highest BCUT2D eigenvalue weighted by Gasteiger charge is 2.16. The molecule has 1 N–H and O–H groups in total. The van der Waals surface area contributed by atoms with Crippen molar-refractivity contribution in [2.75, 3.05) is 6.54 Å². The summed E-state index contributed by atoms with van der Waals surface area (Å²) in [7, 11) is 2.04. The van der Waals surface area contributed by atoms with E-state index in [0.717, 1.165) is 18.8 Å². The van der Waals surface area contributed by atoms with E-state index in [1.807, 2.05) is 30.8 Å². The van der Waals surface area contributed by atoms with Gasteiger partial charge in [0.1, 0.15) is 5.82 Å². The van der Waals surface area contributed by atoms with Crippen LogP contribution in [0.25, 0.3) is 0 Å². The van der Waals surface area contributed by atoms with Gasteiger partial charge < -0.3 is 9.88 Å². The Kier molecular flexibility index (Phi) is 4.59. The summed E-state index contributed by atoms with van der Waals surface area (Å²) in [5, 5.41) is 3.54. The van der Waals surface area contributed by atoms with Crippen molar-refractivity contribution >= 4 is 27.3 Å². The molecule has 2 aromatic heterocycles. The normalized spacial score (nSPS) is 12.9. The van der Waals surface area contributed by atoms with Crippen LogP contribution in [0.5, 0.6) is 0 Å². The van der Waals surface area contributed by atoms with Crippen LogP contribution in [0, 0.1) is 6.92 Å². The van der Waals surface area contributed by atoms with Crippen molar-refractivity contribution in [3.8, 4) is 0 Å². The van der Waals surface area contributed by atoms with Crippen LogP contribution in [0.1, 0.15) is 29.2 Å². The molecular formula is C13H18BrN3S. The first-order valence-corrected chi connectivity index (χ1v) is 7.68. The average Bonchev–Trinajstić information content (AvgIpc) is 2.87. The lowest BCUT2D eigenvalue weighted by Gasteiger charge is -2.16. The Hall–Kier alpha value is -0.650. The van der Waals surface area contributed by atoms with E-state index in [4.69, 9.17) is 0 Å². The highest BCUT2D eigenvalue weighted by atomic mass is 79.9. The molecule has 0 radical (unpaired) electrons. The maximum absolute atomic E-state index is 4.41. The number of halogens is 1. The van der Waals surface area contributed by atoms with Gasteiger partial charge in [0.2, 0.25) is 0 Å². The second-order valence-corrected chi connectivity index (χ2v) is 6.78. The van der Waals surface area contributed by atoms with Crippen LogP contribution in [0.2, 0.25) is 0 Å². The zero-order chi connectivity index (χ0) is 13.1. The van der Waals surface area contributed by atoms with Crippen LogP contribution in [-0.4, -0.2) is 16.1 Å². The molecule has 0 aliphatic rings. The van der Waals surface area contributed by atoms with Crippen LogP contribution >= 0.6 is 27.3 Å². The highest BCUT2D eigenvalue weighted by molar-refractivity contribution is 9.11. The van der Waals surface area contributed by atoms with Crippen molar-refractivity contribution in [2.45, 2.75) is 26.3 Å². The smallest absolute Gasteiger partial charge is 0.110 e. The molecule has 1 unspecified atom stereocenters. The van der Waals surface area contributed by atoms with Crippen LogP contribution in [0.4, 0.5) is 0 Å². The molecule has 0 amide bonds. The summed E-state index contributed by atoms with van der Waals surface area (Å²) >= 11 is 5.41. The number of aromatic nitrogens is 2. The van der Waals surface area contributed by atoms with E-state index >= 15 is 0 Å². The summed E-state index contributed by atoms with van der Waals surface area (Å²) in [5.41, 5.74) is 1.30. The van der Waals surface area contributed by atoms with Crippen LogP contribution in [-0.2, 0) is 13.5 Å². The molecule has 0 aliphatic heterocycles. The molecule has 0 aliphatic carbocycles. The predicted octanol–water partition coefficient (Wildman–Crippen LogP) is 3.45. The Balaban J connectivity index is 2.20. The van der Waals surface area contributed by atoms with Crippen LogP contribution in [0.3, 0.4) is 0 Å². The molecule has 0 saturated carbocycles. The molecule has 2 heterocycles. The van der Waals surface area contributed by atoms with Gasteiger partial charge in [-0.1, -0.05) is 6.92 Å². The Morgan fingerprint density at radius 2 is 2.33 bits per heavy atom. The van der Waals surface area contributed by atoms with Gasteiger partial charge in [-0.2, -0.15) is 0 Å². The van der Waals surface area contributed by atoms with Crippen LogP contribution in [0.15, 0.2) is 22.2 Å². The first-order chi connectivity index (χ1) is 8.61. The predicted molar refractivity (Wildman–Crippen MR) is 80.1 cm³/mol. The lowest BCUT2D eigenvalue weighted by Crippen LogP contribution is -2.23. The third-order valence-corrected chi connectivity index (χ3v) is 5.23. The molecule has 2 rings (SSSR count). The van der Waals surface area contributed by atoms with Crippen molar-refractivity contribution in [3.63, 3.8) is 0 Å².